The quantitative estimate of drug-likeness (QED) is 0.206. The highest BCUT2D eigenvalue weighted by atomic mass is 16.6. The zero-order chi connectivity index (χ0) is 26.9. The molecule has 0 N–H and O–H groups in total. The van der Waals surface area contributed by atoms with Gasteiger partial charge in [0.05, 0.1) is 6.61 Å². The number of ether oxygens (including phenoxy) is 3. The number of fused-ring (bicyclic) bond motifs is 1. The summed E-state index contributed by atoms with van der Waals surface area (Å²) in [7, 11) is 0. The average Bonchev–Trinajstić information content (AvgIpc) is 2.99. The largest absolute Gasteiger partial charge is 0.473 e. The number of benzene rings is 3. The van der Waals surface area contributed by atoms with Gasteiger partial charge >= 0.3 is 6.09 Å². The minimum atomic E-state index is -0.231. The van der Waals surface area contributed by atoms with E-state index in [1.807, 2.05) is 72.8 Å². The van der Waals surface area contributed by atoms with E-state index in [0.717, 1.165) is 47.1 Å². The van der Waals surface area contributed by atoms with Gasteiger partial charge in [0.15, 0.2) is 0 Å². The first-order valence-electron chi connectivity index (χ1n) is 13.6. The van der Waals surface area contributed by atoms with Gasteiger partial charge in [-0.1, -0.05) is 92.2 Å². The topological polar surface area (TPSA) is 60.9 Å². The summed E-state index contributed by atoms with van der Waals surface area (Å²) in [5.74, 6) is 1.04. The number of rotatable bonds is 10. The van der Waals surface area contributed by atoms with E-state index in [0.29, 0.717) is 44.7 Å². The molecule has 2 heterocycles. The number of pyridine rings is 1. The molecule has 1 amide bonds. The van der Waals surface area contributed by atoms with Crippen LogP contribution in [0.5, 0.6) is 11.8 Å². The van der Waals surface area contributed by atoms with E-state index < -0.39 is 0 Å². The van der Waals surface area contributed by atoms with Crippen LogP contribution in [-0.4, -0.2) is 29.1 Å². The molecule has 39 heavy (non-hydrogen) atoms. The van der Waals surface area contributed by atoms with E-state index in [1.54, 1.807) is 4.90 Å². The summed E-state index contributed by atoms with van der Waals surface area (Å²) in [6, 6.07) is 30.3. The third-order valence-corrected chi connectivity index (χ3v) is 6.79. The Hall–Kier alpha value is -4.32. The number of carbonyl (C=O) groups excluding carboxylic acids is 1. The van der Waals surface area contributed by atoms with Crippen molar-refractivity contribution in [2.24, 2.45) is 0 Å². The Morgan fingerprint density at radius 1 is 0.846 bits per heavy atom. The van der Waals surface area contributed by atoms with Gasteiger partial charge in [0, 0.05) is 24.7 Å². The maximum absolute atomic E-state index is 12.4. The van der Waals surface area contributed by atoms with Gasteiger partial charge in [0.2, 0.25) is 11.8 Å². The van der Waals surface area contributed by atoms with E-state index in [-0.39, 0.29) is 6.09 Å². The van der Waals surface area contributed by atoms with Gasteiger partial charge in [0.1, 0.15) is 13.2 Å². The number of hydrogen-bond acceptors (Lipinski definition) is 5. The summed E-state index contributed by atoms with van der Waals surface area (Å²) >= 11 is 0. The van der Waals surface area contributed by atoms with Crippen LogP contribution in [0.3, 0.4) is 0 Å². The Morgan fingerprint density at radius 3 is 2.28 bits per heavy atom. The van der Waals surface area contributed by atoms with Crippen LogP contribution < -0.4 is 9.47 Å². The first-order valence-corrected chi connectivity index (χ1v) is 13.6. The minimum Gasteiger partial charge on any atom is -0.473 e. The highest BCUT2D eigenvalue weighted by molar-refractivity contribution is 5.71. The minimum absolute atomic E-state index is 0.231. The third-order valence-electron chi connectivity index (χ3n) is 6.79. The van der Waals surface area contributed by atoms with Crippen LogP contribution in [-0.2, 0) is 30.9 Å². The summed E-state index contributed by atoms with van der Waals surface area (Å²) in [5, 5.41) is 0. The average molecular weight is 523 g/mol. The van der Waals surface area contributed by atoms with Gasteiger partial charge in [-0.25, -0.2) is 4.79 Å². The van der Waals surface area contributed by atoms with Gasteiger partial charge in [-0.15, -0.1) is 0 Å². The fourth-order valence-corrected chi connectivity index (χ4v) is 4.56. The lowest BCUT2D eigenvalue weighted by Gasteiger charge is -2.28. The standard InChI is InChI=1S/C33H34N2O4/c1-2-3-20-37-33(36)35-19-18-27-21-28(14-15-29(27)22-35)30-16-17-31(38-23-25-10-6-4-7-11-25)34-32(30)39-24-26-12-8-5-9-13-26/h4-17,21H,2-3,18-20,22-24H2,1H3. The summed E-state index contributed by atoms with van der Waals surface area (Å²) < 4.78 is 17.7. The van der Waals surface area contributed by atoms with Crippen LogP contribution in [0.15, 0.2) is 91.0 Å². The molecular formula is C33H34N2O4. The van der Waals surface area contributed by atoms with Crippen LogP contribution in [0, 0.1) is 0 Å². The second-order valence-electron chi connectivity index (χ2n) is 9.67. The summed E-state index contributed by atoms with van der Waals surface area (Å²) in [4.78, 5) is 19.0. The number of aromatic nitrogens is 1. The lowest BCUT2D eigenvalue weighted by atomic mass is 9.95. The number of unbranched alkanes of at least 4 members (excludes halogenated alkanes) is 1. The van der Waals surface area contributed by atoms with Gasteiger partial charge in [-0.2, -0.15) is 4.98 Å². The van der Waals surface area contributed by atoms with Crippen molar-refractivity contribution >= 4 is 6.09 Å². The fraction of sp³-hybridized carbons (Fsp3) is 0.273. The molecule has 4 aromatic rings. The molecule has 6 nitrogen and oxygen atoms in total. The lowest BCUT2D eigenvalue weighted by molar-refractivity contribution is 0.0966. The van der Waals surface area contributed by atoms with Gasteiger partial charge < -0.3 is 19.1 Å². The Balaban J connectivity index is 1.35. The number of nitrogens with zero attached hydrogens (tertiary/aromatic N) is 2. The zero-order valence-electron chi connectivity index (χ0n) is 22.3. The maximum Gasteiger partial charge on any atom is 0.410 e. The van der Waals surface area contributed by atoms with E-state index in [1.165, 1.54) is 5.56 Å². The van der Waals surface area contributed by atoms with Crippen LogP contribution in [0.4, 0.5) is 4.79 Å². The van der Waals surface area contributed by atoms with Gasteiger partial charge in [-0.3, -0.25) is 0 Å². The first kappa shape index (κ1) is 26.3. The van der Waals surface area contributed by atoms with Crippen LogP contribution in [0.2, 0.25) is 0 Å². The molecule has 200 valence electrons. The molecule has 1 aliphatic heterocycles. The molecule has 0 unspecified atom stereocenters. The molecule has 0 radical (unpaired) electrons. The molecule has 3 aromatic carbocycles. The van der Waals surface area contributed by atoms with Crippen molar-refractivity contribution in [2.45, 2.75) is 45.9 Å². The summed E-state index contributed by atoms with van der Waals surface area (Å²) in [6.45, 7) is 4.60. The Bertz CT molecular complexity index is 1380. The number of carbonyl (C=O) groups is 1. The van der Waals surface area contributed by atoms with E-state index >= 15 is 0 Å². The van der Waals surface area contributed by atoms with Crippen molar-refractivity contribution in [1.29, 1.82) is 0 Å². The molecule has 0 saturated carbocycles. The Morgan fingerprint density at radius 2 is 1.56 bits per heavy atom. The van der Waals surface area contributed by atoms with Crippen molar-refractivity contribution in [1.82, 2.24) is 9.88 Å². The lowest BCUT2D eigenvalue weighted by Crippen LogP contribution is -2.36. The fourth-order valence-electron chi connectivity index (χ4n) is 4.56. The summed E-state index contributed by atoms with van der Waals surface area (Å²) in [6.07, 6.45) is 2.44. The normalized spacial score (nSPS) is 12.5. The van der Waals surface area contributed by atoms with E-state index in [4.69, 9.17) is 19.2 Å². The molecule has 0 spiro atoms. The van der Waals surface area contributed by atoms with E-state index in [2.05, 4.69) is 25.1 Å². The van der Waals surface area contributed by atoms with Gasteiger partial charge in [-0.05, 0) is 46.7 Å². The first-order chi connectivity index (χ1) is 19.2. The third kappa shape index (κ3) is 6.96. The number of amides is 1. The second kappa shape index (κ2) is 13.0. The molecule has 6 heteroatoms. The van der Waals surface area contributed by atoms with Crippen LogP contribution >= 0.6 is 0 Å². The van der Waals surface area contributed by atoms with Crippen molar-refractivity contribution < 1.29 is 19.0 Å². The van der Waals surface area contributed by atoms with Crippen molar-refractivity contribution in [3.05, 3.63) is 113 Å². The Labute approximate surface area is 230 Å². The molecule has 0 saturated heterocycles. The Kier molecular flexibility index (Phi) is 8.74. The smallest absolute Gasteiger partial charge is 0.410 e. The van der Waals surface area contributed by atoms with E-state index in [9.17, 15) is 4.79 Å². The SMILES string of the molecule is CCCCOC(=O)N1CCc2cc(-c3ccc(OCc4ccccc4)nc3OCc3ccccc3)ccc2C1. The zero-order valence-corrected chi connectivity index (χ0v) is 22.3. The monoisotopic (exact) mass is 522 g/mol. The maximum atomic E-state index is 12.4. The molecule has 0 atom stereocenters. The number of hydrogen-bond donors (Lipinski definition) is 0. The molecule has 0 bridgehead atoms. The molecular weight excluding hydrogens is 488 g/mol. The molecule has 5 rings (SSSR count). The molecule has 1 aromatic heterocycles. The highest BCUT2D eigenvalue weighted by Crippen LogP contribution is 2.34. The van der Waals surface area contributed by atoms with Crippen LogP contribution in [0.1, 0.15) is 42.0 Å². The highest BCUT2D eigenvalue weighted by Gasteiger charge is 2.23. The predicted molar refractivity (Wildman–Crippen MR) is 152 cm³/mol. The predicted octanol–water partition coefficient (Wildman–Crippen LogP) is 7.20. The molecule has 0 fully saturated rings. The van der Waals surface area contributed by atoms with Crippen molar-refractivity contribution in [3.63, 3.8) is 0 Å². The van der Waals surface area contributed by atoms with Crippen molar-refractivity contribution in [2.75, 3.05) is 13.2 Å². The van der Waals surface area contributed by atoms with Crippen LogP contribution in [0.25, 0.3) is 11.1 Å². The summed E-state index contributed by atoms with van der Waals surface area (Å²) in [5.41, 5.74) is 6.44. The molecule has 1 aliphatic rings. The molecule has 0 aliphatic carbocycles. The van der Waals surface area contributed by atoms with Crippen molar-refractivity contribution in [3.8, 4) is 22.9 Å². The second-order valence-corrected chi connectivity index (χ2v) is 9.67. The van der Waals surface area contributed by atoms with Gasteiger partial charge in [0.25, 0.3) is 0 Å².